The molecule has 0 aliphatic carbocycles. The van der Waals surface area contributed by atoms with E-state index in [0.717, 1.165) is 22.4 Å². The van der Waals surface area contributed by atoms with Crippen molar-refractivity contribution in [2.24, 2.45) is 0 Å². The Morgan fingerprint density at radius 2 is 1.94 bits per heavy atom. The van der Waals surface area contributed by atoms with E-state index in [1.54, 1.807) is 4.90 Å². The van der Waals surface area contributed by atoms with Crippen molar-refractivity contribution >= 4 is 12.1 Å². The van der Waals surface area contributed by atoms with E-state index in [1.165, 1.54) is 6.92 Å². The smallest absolute Gasteiger partial charge is 0.410 e. The third-order valence-corrected chi connectivity index (χ3v) is 5.53. The molecule has 1 fully saturated rings. The van der Waals surface area contributed by atoms with E-state index in [4.69, 9.17) is 23.7 Å². The van der Waals surface area contributed by atoms with Gasteiger partial charge < -0.3 is 28.6 Å². The summed E-state index contributed by atoms with van der Waals surface area (Å²) in [7, 11) is 0. The second-order valence-electron chi connectivity index (χ2n) is 8.56. The molecule has 0 saturated carbocycles. The molecule has 2 aromatic rings. The Hall–Kier alpha value is -3.26. The minimum Gasteiger partial charge on any atom is -0.490 e. The molecular weight excluding hydrogens is 426 g/mol. The average Bonchev–Trinajstić information content (AvgIpc) is 3.15. The van der Waals surface area contributed by atoms with Gasteiger partial charge >= 0.3 is 12.1 Å². The Labute approximate surface area is 193 Å². The van der Waals surface area contributed by atoms with E-state index in [0.29, 0.717) is 38.5 Å². The van der Waals surface area contributed by atoms with Gasteiger partial charge in [0.2, 0.25) is 5.79 Å². The van der Waals surface area contributed by atoms with Crippen LogP contribution in [0.5, 0.6) is 11.5 Å². The molecule has 0 unspecified atom stereocenters. The summed E-state index contributed by atoms with van der Waals surface area (Å²) < 4.78 is 27.6. The maximum Gasteiger partial charge on any atom is 0.410 e. The minimum absolute atomic E-state index is 0.220. The van der Waals surface area contributed by atoms with Crippen LogP contribution in [0.4, 0.5) is 4.79 Å². The first-order chi connectivity index (χ1) is 15.8. The van der Waals surface area contributed by atoms with Crippen LogP contribution in [0.15, 0.2) is 42.5 Å². The number of nitrogens with zero attached hydrogens (tertiary/aromatic N) is 1. The zero-order valence-corrected chi connectivity index (χ0v) is 19.2. The number of benzene rings is 2. The molecule has 4 rings (SSSR count). The normalized spacial score (nSPS) is 18.8. The molecule has 8 nitrogen and oxygen atoms in total. The highest BCUT2D eigenvalue weighted by atomic mass is 16.7. The maximum atomic E-state index is 12.4. The van der Waals surface area contributed by atoms with Gasteiger partial charge in [0.05, 0.1) is 13.2 Å². The van der Waals surface area contributed by atoms with Crippen LogP contribution in [0, 0.1) is 0 Å². The summed E-state index contributed by atoms with van der Waals surface area (Å²) in [6.07, 6.45) is 0.0822. The molecule has 2 aliphatic heterocycles. The van der Waals surface area contributed by atoms with Gasteiger partial charge in [0.25, 0.3) is 0 Å². The van der Waals surface area contributed by atoms with E-state index in [-0.39, 0.29) is 24.8 Å². The van der Waals surface area contributed by atoms with Gasteiger partial charge in [-0.25, -0.2) is 4.79 Å². The Morgan fingerprint density at radius 3 is 2.70 bits per heavy atom. The predicted molar refractivity (Wildman–Crippen MR) is 119 cm³/mol. The Bertz CT molecular complexity index is 1000. The number of hydrogen-bond acceptors (Lipinski definition) is 7. The maximum absolute atomic E-state index is 12.4. The summed E-state index contributed by atoms with van der Waals surface area (Å²) in [4.78, 5) is 24.9. The average molecular weight is 456 g/mol. The third-order valence-electron chi connectivity index (χ3n) is 5.53. The lowest BCUT2D eigenvalue weighted by molar-refractivity contribution is -0.180. The van der Waals surface area contributed by atoms with Crippen LogP contribution in [-0.4, -0.2) is 49.1 Å². The van der Waals surface area contributed by atoms with Crippen molar-refractivity contribution in [1.29, 1.82) is 0 Å². The van der Waals surface area contributed by atoms with Gasteiger partial charge in [0, 0.05) is 32.9 Å². The van der Waals surface area contributed by atoms with Crippen molar-refractivity contribution < 1.29 is 33.3 Å². The van der Waals surface area contributed by atoms with Crippen molar-refractivity contribution in [3.63, 3.8) is 0 Å². The molecule has 2 aliphatic rings. The number of esters is 1. The molecule has 8 heteroatoms. The SMILES string of the molecule is CC(=O)OCCOc1ccc(CCN2C[C@@H](c3ccc4c(c3)COC(C)(C)O4)OC2=O)cc1. The van der Waals surface area contributed by atoms with Crippen molar-refractivity contribution in [1.82, 2.24) is 4.90 Å². The van der Waals surface area contributed by atoms with Crippen LogP contribution in [0.25, 0.3) is 0 Å². The Balaban J connectivity index is 1.27. The topological polar surface area (TPSA) is 83.5 Å². The quantitative estimate of drug-likeness (QED) is 0.439. The van der Waals surface area contributed by atoms with Gasteiger partial charge in [0.1, 0.15) is 30.8 Å². The molecular formula is C25H29NO7. The molecule has 1 amide bonds. The van der Waals surface area contributed by atoms with Crippen LogP contribution >= 0.6 is 0 Å². The lowest BCUT2D eigenvalue weighted by atomic mass is 10.0. The summed E-state index contributed by atoms with van der Waals surface area (Å²) in [5.74, 6) is 0.542. The number of ether oxygens (including phenoxy) is 5. The molecule has 1 saturated heterocycles. The zero-order chi connectivity index (χ0) is 23.4. The van der Waals surface area contributed by atoms with E-state index < -0.39 is 5.79 Å². The first-order valence-corrected chi connectivity index (χ1v) is 11.1. The van der Waals surface area contributed by atoms with Gasteiger partial charge in [-0.1, -0.05) is 18.2 Å². The standard InChI is InChI=1S/C25H29NO7/c1-17(27)29-12-13-30-21-7-4-18(5-8-21)10-11-26-15-23(32-24(26)28)19-6-9-22-20(14-19)16-31-25(2,3)33-22/h4-9,14,23H,10-13,15-16H2,1-3H3/t23-/m0/s1. The molecule has 0 aromatic heterocycles. The van der Waals surface area contributed by atoms with Gasteiger partial charge in [0.15, 0.2) is 0 Å². The van der Waals surface area contributed by atoms with E-state index >= 15 is 0 Å². The van der Waals surface area contributed by atoms with Crippen LogP contribution in [0.2, 0.25) is 0 Å². The van der Waals surface area contributed by atoms with Crippen molar-refractivity contribution in [3.05, 3.63) is 59.2 Å². The Kier molecular flexibility index (Phi) is 6.74. The fraction of sp³-hybridized carbons (Fsp3) is 0.440. The molecule has 0 bridgehead atoms. The first-order valence-electron chi connectivity index (χ1n) is 11.1. The van der Waals surface area contributed by atoms with Gasteiger partial charge in [-0.3, -0.25) is 4.79 Å². The van der Waals surface area contributed by atoms with E-state index in [9.17, 15) is 9.59 Å². The molecule has 1 atom stereocenters. The summed E-state index contributed by atoms with van der Waals surface area (Å²) in [5.41, 5.74) is 2.98. The second-order valence-corrected chi connectivity index (χ2v) is 8.56. The molecule has 33 heavy (non-hydrogen) atoms. The number of carbonyl (C=O) groups is 2. The largest absolute Gasteiger partial charge is 0.490 e. The molecule has 0 spiro atoms. The van der Waals surface area contributed by atoms with Crippen LogP contribution in [0.1, 0.15) is 43.6 Å². The third kappa shape index (κ3) is 5.96. The molecule has 2 heterocycles. The number of carbonyl (C=O) groups excluding carboxylic acids is 2. The van der Waals surface area contributed by atoms with Crippen molar-refractivity contribution in [2.75, 3.05) is 26.3 Å². The summed E-state index contributed by atoms with van der Waals surface area (Å²) >= 11 is 0. The Morgan fingerprint density at radius 1 is 1.15 bits per heavy atom. The molecule has 2 aromatic carbocycles. The number of hydrogen-bond donors (Lipinski definition) is 0. The van der Waals surface area contributed by atoms with Gasteiger partial charge in [-0.15, -0.1) is 0 Å². The van der Waals surface area contributed by atoms with Crippen LogP contribution < -0.4 is 9.47 Å². The summed E-state index contributed by atoms with van der Waals surface area (Å²) in [6, 6.07) is 13.5. The van der Waals surface area contributed by atoms with E-state index in [2.05, 4.69) is 0 Å². The summed E-state index contributed by atoms with van der Waals surface area (Å²) in [6.45, 7) is 7.18. The number of fused-ring (bicyclic) bond motifs is 1. The highest BCUT2D eigenvalue weighted by Crippen LogP contribution is 2.35. The van der Waals surface area contributed by atoms with Gasteiger partial charge in [-0.05, 0) is 41.8 Å². The second kappa shape index (κ2) is 9.70. The van der Waals surface area contributed by atoms with Crippen molar-refractivity contribution in [2.45, 2.75) is 45.7 Å². The highest BCUT2D eigenvalue weighted by Gasteiger charge is 2.33. The predicted octanol–water partition coefficient (Wildman–Crippen LogP) is 4.01. The molecule has 0 radical (unpaired) electrons. The fourth-order valence-electron chi connectivity index (χ4n) is 3.78. The minimum atomic E-state index is -0.640. The lowest BCUT2D eigenvalue weighted by Gasteiger charge is -2.32. The lowest BCUT2D eigenvalue weighted by Crippen LogP contribution is -2.35. The van der Waals surface area contributed by atoms with E-state index in [1.807, 2.05) is 56.3 Å². The highest BCUT2D eigenvalue weighted by molar-refractivity contribution is 5.70. The number of rotatable bonds is 8. The fourth-order valence-corrected chi connectivity index (χ4v) is 3.78. The van der Waals surface area contributed by atoms with Crippen molar-refractivity contribution in [3.8, 4) is 11.5 Å². The first kappa shape index (κ1) is 22.9. The summed E-state index contributed by atoms with van der Waals surface area (Å²) in [5, 5.41) is 0. The monoisotopic (exact) mass is 455 g/mol. The van der Waals surface area contributed by atoms with Crippen LogP contribution in [-0.2, 0) is 32.0 Å². The van der Waals surface area contributed by atoms with Gasteiger partial charge in [-0.2, -0.15) is 0 Å². The zero-order valence-electron chi connectivity index (χ0n) is 19.2. The number of amides is 1. The number of cyclic esters (lactones) is 1. The molecule has 0 N–H and O–H groups in total. The van der Waals surface area contributed by atoms with Crippen LogP contribution in [0.3, 0.4) is 0 Å². The molecule has 176 valence electrons.